The Hall–Kier alpha value is -6.52. The van der Waals surface area contributed by atoms with Crippen molar-refractivity contribution in [3.63, 3.8) is 0 Å². The number of nitrogens with zero attached hydrogens (tertiary/aromatic N) is 6. The molecule has 0 unspecified atom stereocenters. The van der Waals surface area contributed by atoms with Crippen molar-refractivity contribution in [2.24, 2.45) is 0 Å². The maximum atomic E-state index is 13.4. The van der Waals surface area contributed by atoms with Crippen LogP contribution in [0.3, 0.4) is 0 Å². The van der Waals surface area contributed by atoms with E-state index in [2.05, 4.69) is 68.1 Å². The van der Waals surface area contributed by atoms with E-state index in [9.17, 15) is 24.3 Å². The number of carbonyl (C=O) groups is 4. The van der Waals surface area contributed by atoms with Crippen LogP contribution in [0.1, 0.15) is 109 Å². The Morgan fingerprint density at radius 2 is 1.05 bits per heavy atom. The Labute approximate surface area is 494 Å². The smallest absolute Gasteiger partial charge is 0.416 e. The Morgan fingerprint density at radius 3 is 1.42 bits per heavy atom. The summed E-state index contributed by atoms with van der Waals surface area (Å²) in [5.41, 5.74) is 6.95. The number of aromatic hydroxyl groups is 1. The van der Waals surface area contributed by atoms with E-state index < -0.39 is 24.0 Å². The van der Waals surface area contributed by atoms with E-state index in [1.165, 1.54) is 27.2 Å². The Morgan fingerprint density at radius 1 is 0.633 bits per heavy atom. The monoisotopic (exact) mass is 1310 g/mol. The topological polar surface area (TPSA) is 201 Å². The second kappa shape index (κ2) is 31.3. The quantitative estimate of drug-likeness (QED) is 0.0896. The van der Waals surface area contributed by atoms with Gasteiger partial charge in [-0.25, -0.2) is 29.4 Å². The number of benzene rings is 4. The number of phenolic OH excluding ortho intramolecular Hbond substituents is 1. The Bertz CT molecular complexity index is 3130. The van der Waals surface area contributed by atoms with Crippen molar-refractivity contribution >= 4 is 94.5 Å². The number of phenols is 1. The van der Waals surface area contributed by atoms with Gasteiger partial charge in [-0.3, -0.25) is 9.59 Å². The zero-order chi connectivity index (χ0) is 52.8. The molecule has 4 amide bonds. The lowest BCUT2D eigenvalue weighted by atomic mass is 9.91. The third-order valence-corrected chi connectivity index (χ3v) is 16.4. The van der Waals surface area contributed by atoms with Crippen molar-refractivity contribution in [2.75, 3.05) is 13.2 Å². The van der Waals surface area contributed by atoms with E-state index >= 15 is 0 Å². The van der Waals surface area contributed by atoms with Crippen LogP contribution in [0, 0.1) is 13.8 Å². The van der Waals surface area contributed by atoms with E-state index in [1.807, 2.05) is 98.8 Å². The summed E-state index contributed by atoms with van der Waals surface area (Å²) < 4.78 is 28.2. The molecule has 2 fully saturated rings. The standard InChI is InChI=1S/C27H24BrN3O5S.C22H20N2O5.C5H5Br2NS.4CH4/c1-17-24(37-26(28)29-17)16-34-21-9-7-19(8-10-21)22(23-11-12-36-30-23)14-25(32)31-20(15-35-27(31)33)13-18-5-3-2-4-6-18;25-18-8-6-16(7-9-18)19(20-10-11-29-23-20)13-21(26)24-17(14-28-22(24)27)12-15-4-2-1-3-5-15;1-3-4(2-6)9-5(7)8-3;;;;/h2-12,20,22H,13-16H2,1H3;1-11,17,19,25H,12-14H2;2H2,1H3;4*1H4/t20-,22-;17-,19-;;;;;/m00...../s1. The van der Waals surface area contributed by atoms with Crippen molar-refractivity contribution < 1.29 is 47.5 Å². The number of carbonyl (C=O) groups excluding carboxylic acids is 4. The first-order chi connectivity index (χ1) is 36.3. The van der Waals surface area contributed by atoms with Crippen molar-refractivity contribution in [2.45, 2.75) is 105 Å². The number of amides is 4. The van der Waals surface area contributed by atoms with Crippen LogP contribution in [0.5, 0.6) is 11.5 Å². The van der Waals surface area contributed by atoms with Gasteiger partial charge in [0.05, 0.1) is 39.7 Å². The van der Waals surface area contributed by atoms with E-state index in [4.69, 9.17) is 23.3 Å². The molecule has 2 aliphatic heterocycles. The summed E-state index contributed by atoms with van der Waals surface area (Å²) in [6.45, 7) is 4.73. The Balaban J connectivity index is 0.000000286. The molecule has 4 aromatic carbocycles. The van der Waals surface area contributed by atoms with Gasteiger partial charge in [0.1, 0.15) is 43.8 Å². The number of hydrogen-bond acceptors (Lipinski definition) is 16. The molecule has 0 saturated carbocycles. The molecular formula is C58H65Br3N6O10S2. The highest BCUT2D eigenvalue weighted by Gasteiger charge is 2.40. The van der Waals surface area contributed by atoms with E-state index in [-0.39, 0.29) is 85.4 Å². The summed E-state index contributed by atoms with van der Waals surface area (Å²) in [7, 11) is 0. The fourth-order valence-corrected chi connectivity index (χ4v) is 12.2. The van der Waals surface area contributed by atoms with Gasteiger partial charge in [0.2, 0.25) is 11.8 Å². The molecule has 8 aromatic rings. The molecule has 2 saturated heterocycles. The highest BCUT2D eigenvalue weighted by Crippen LogP contribution is 2.33. The zero-order valence-corrected chi connectivity index (χ0v) is 46.8. The summed E-state index contributed by atoms with van der Waals surface area (Å²) in [4.78, 5) is 64.7. The molecule has 0 radical (unpaired) electrons. The van der Waals surface area contributed by atoms with Crippen LogP contribution >= 0.6 is 70.5 Å². The molecule has 0 bridgehead atoms. The summed E-state index contributed by atoms with van der Waals surface area (Å²) in [6, 6.07) is 36.2. The summed E-state index contributed by atoms with van der Waals surface area (Å²) in [5.74, 6) is -0.634. The predicted octanol–water partition coefficient (Wildman–Crippen LogP) is 15.0. The molecule has 6 heterocycles. The average molecular weight is 1310 g/mol. The minimum absolute atomic E-state index is 0. The number of thiazole rings is 2. The van der Waals surface area contributed by atoms with Gasteiger partial charge in [0, 0.05) is 47.0 Å². The maximum absolute atomic E-state index is 13.4. The molecule has 16 nitrogen and oxygen atoms in total. The highest BCUT2D eigenvalue weighted by atomic mass is 79.9. The van der Waals surface area contributed by atoms with Gasteiger partial charge in [-0.05, 0) is 105 Å². The second-order valence-corrected chi connectivity index (χ2v) is 22.5. The van der Waals surface area contributed by atoms with E-state index in [0.29, 0.717) is 36.6 Å². The first-order valence-electron chi connectivity index (χ1n) is 23.5. The van der Waals surface area contributed by atoms with Crippen LogP contribution in [-0.2, 0) is 43.8 Å². The number of alkyl halides is 1. The van der Waals surface area contributed by atoms with Crippen LogP contribution in [0.2, 0.25) is 0 Å². The normalized spacial score (nSPS) is 14.9. The summed E-state index contributed by atoms with van der Waals surface area (Å²) in [6.07, 6.45) is 2.82. The van der Waals surface area contributed by atoms with Gasteiger partial charge >= 0.3 is 12.2 Å². The van der Waals surface area contributed by atoms with Crippen molar-refractivity contribution in [3.8, 4) is 11.5 Å². The molecule has 1 N–H and O–H groups in total. The first-order valence-corrected chi connectivity index (χ1v) is 27.8. The van der Waals surface area contributed by atoms with Crippen molar-refractivity contribution in [1.82, 2.24) is 30.1 Å². The molecule has 420 valence electrons. The van der Waals surface area contributed by atoms with Gasteiger partial charge in [0.25, 0.3) is 0 Å². The second-order valence-electron chi connectivity index (χ2n) is 17.3. The van der Waals surface area contributed by atoms with Crippen LogP contribution in [0.15, 0.2) is 151 Å². The molecule has 79 heavy (non-hydrogen) atoms. The van der Waals surface area contributed by atoms with E-state index in [0.717, 1.165) is 51.7 Å². The number of aryl methyl sites for hydroxylation is 2. The van der Waals surface area contributed by atoms with Crippen LogP contribution < -0.4 is 4.74 Å². The molecular weight excluding hydrogens is 1240 g/mol. The third kappa shape index (κ3) is 17.5. The number of hydrogen-bond donors (Lipinski definition) is 1. The lowest BCUT2D eigenvalue weighted by Crippen LogP contribution is -2.40. The van der Waals surface area contributed by atoms with Gasteiger partial charge in [-0.2, -0.15) is 0 Å². The number of imide groups is 2. The van der Waals surface area contributed by atoms with Crippen LogP contribution in [-0.4, -0.2) is 84.5 Å². The number of aromatic nitrogens is 4. The molecule has 21 heteroatoms. The lowest BCUT2D eigenvalue weighted by Gasteiger charge is -2.22. The fourth-order valence-electron chi connectivity index (χ4n) is 8.44. The van der Waals surface area contributed by atoms with Crippen molar-refractivity contribution in [3.05, 3.63) is 196 Å². The number of ether oxygens (including phenoxy) is 3. The lowest BCUT2D eigenvalue weighted by molar-refractivity contribution is -0.130. The van der Waals surface area contributed by atoms with Gasteiger partial charge in [-0.1, -0.05) is 141 Å². The van der Waals surface area contributed by atoms with Crippen LogP contribution in [0.25, 0.3) is 0 Å². The SMILES string of the molecule is C.C.C.C.Cc1nc(Br)sc1CBr.Cc1nc(Br)sc1COc1ccc([C@H](CC(=O)N2C(=O)OC[C@@H]2Cc2ccccc2)c2ccon2)cc1.O=C(C[C@@H](c1ccc(O)cc1)c1ccon1)N1C(=O)OC[C@@H]1Cc1ccccc1. The minimum Gasteiger partial charge on any atom is -0.508 e. The number of halogens is 3. The molecule has 10 rings (SSSR count). The summed E-state index contributed by atoms with van der Waals surface area (Å²) in [5, 5.41) is 18.5. The van der Waals surface area contributed by atoms with Crippen LogP contribution in [0.4, 0.5) is 9.59 Å². The molecule has 4 aromatic heterocycles. The molecule has 2 aliphatic rings. The Kier molecular flexibility index (Phi) is 25.8. The average Bonchev–Trinajstić information content (AvgIpc) is 4.32. The molecule has 4 atom stereocenters. The van der Waals surface area contributed by atoms with Gasteiger partial charge in [-0.15, -0.1) is 22.7 Å². The molecule has 0 spiro atoms. The number of cyclic esters (lactones) is 2. The highest BCUT2D eigenvalue weighted by molar-refractivity contribution is 9.11. The van der Waals surface area contributed by atoms with Gasteiger partial charge < -0.3 is 28.4 Å². The maximum Gasteiger partial charge on any atom is 0.416 e. The van der Waals surface area contributed by atoms with Gasteiger partial charge in [0.15, 0.2) is 7.83 Å². The van der Waals surface area contributed by atoms with Crippen molar-refractivity contribution in [1.29, 1.82) is 0 Å². The molecule has 0 aliphatic carbocycles. The summed E-state index contributed by atoms with van der Waals surface area (Å²) >= 11 is 13.3. The minimum atomic E-state index is -0.624. The first kappa shape index (κ1) is 65.0. The largest absolute Gasteiger partial charge is 0.508 e. The van der Waals surface area contributed by atoms with E-state index in [1.54, 1.807) is 59.1 Å². The predicted molar refractivity (Wildman–Crippen MR) is 318 cm³/mol. The fraction of sp³-hybridized carbons (Fsp3) is 0.310. The zero-order valence-electron chi connectivity index (χ0n) is 40.4. The third-order valence-electron chi connectivity index (χ3n) is 12.3. The number of rotatable bonds is 16.